The maximum atomic E-state index is 14.7. The van der Waals surface area contributed by atoms with E-state index in [2.05, 4.69) is 0 Å². The van der Waals surface area contributed by atoms with Crippen LogP contribution in [0.4, 0.5) is 0 Å². The molecule has 1 spiro atoms. The van der Waals surface area contributed by atoms with Gasteiger partial charge in [-0.15, -0.1) is 0 Å². The van der Waals surface area contributed by atoms with Crippen LogP contribution < -0.4 is 9.47 Å². The van der Waals surface area contributed by atoms with Crippen molar-refractivity contribution < 1.29 is 23.9 Å². The molecule has 2 heterocycles. The van der Waals surface area contributed by atoms with E-state index in [4.69, 9.17) is 14.6 Å². The number of hydrogen-bond acceptors (Lipinski definition) is 7. The Balaban J connectivity index is 1.71. The molecule has 3 aromatic rings. The fourth-order valence-corrected chi connectivity index (χ4v) is 6.64. The van der Waals surface area contributed by atoms with Crippen LogP contribution in [0, 0.1) is 10.8 Å². The zero-order valence-electron chi connectivity index (χ0n) is 22.6. The molecule has 0 unspecified atom stereocenters. The van der Waals surface area contributed by atoms with Crippen molar-refractivity contribution in [2.45, 2.75) is 38.8 Å². The summed E-state index contributed by atoms with van der Waals surface area (Å²) in [6.07, 6.45) is 1.72. The standard InChI is InChI=1S/C32H30N2O5/c1-31(2,3)30(37)26-25(18-14-15-23(38-4)24(16-18)39-5)32(28(35)21-12-8-9-13-22(21)29(32)36)27-20-11-7-6-10-19(20)17-33-34(26)27/h6-17,25-27H,1-5H3/t25-,26-,27+/m1/s1. The SMILES string of the molecule is COc1ccc([C@@H]2[C@H](C(=O)C(C)(C)C)N3N=Cc4ccccc4[C@H]3C23C(=O)c2ccccc2C3=O)cc1OC. The van der Waals surface area contributed by atoms with Crippen molar-refractivity contribution in [2.24, 2.45) is 15.9 Å². The number of hydrazone groups is 1. The van der Waals surface area contributed by atoms with Crippen LogP contribution in [-0.4, -0.2) is 48.8 Å². The predicted molar refractivity (Wildman–Crippen MR) is 147 cm³/mol. The molecule has 3 atom stereocenters. The highest BCUT2D eigenvalue weighted by molar-refractivity contribution is 6.31. The van der Waals surface area contributed by atoms with Gasteiger partial charge in [-0.1, -0.05) is 75.4 Å². The number of rotatable bonds is 4. The summed E-state index contributed by atoms with van der Waals surface area (Å²) in [5.74, 6) is -0.526. The number of methoxy groups -OCH3 is 2. The Morgan fingerprint density at radius 3 is 2.10 bits per heavy atom. The van der Waals surface area contributed by atoms with Crippen LogP contribution in [0.25, 0.3) is 0 Å². The Hall–Kier alpha value is -4.26. The molecule has 0 saturated carbocycles. The van der Waals surface area contributed by atoms with E-state index in [1.165, 1.54) is 7.11 Å². The van der Waals surface area contributed by atoms with E-state index in [9.17, 15) is 14.4 Å². The second kappa shape index (κ2) is 8.63. The van der Waals surface area contributed by atoms with Gasteiger partial charge in [0.05, 0.1) is 26.5 Å². The largest absolute Gasteiger partial charge is 0.493 e. The number of hydrogen-bond donors (Lipinski definition) is 0. The third-order valence-corrected chi connectivity index (χ3v) is 8.35. The normalized spacial score (nSPS) is 22.5. The molecule has 0 radical (unpaired) electrons. The van der Waals surface area contributed by atoms with E-state index in [0.29, 0.717) is 28.2 Å². The topological polar surface area (TPSA) is 85.3 Å². The van der Waals surface area contributed by atoms with Crippen molar-refractivity contribution in [3.63, 3.8) is 0 Å². The number of carbonyl (C=O) groups is 3. The van der Waals surface area contributed by atoms with Gasteiger partial charge in [-0.2, -0.15) is 5.10 Å². The third-order valence-electron chi connectivity index (χ3n) is 8.35. The summed E-state index contributed by atoms with van der Waals surface area (Å²) in [5, 5.41) is 6.50. The van der Waals surface area contributed by atoms with Crippen LogP contribution in [0.5, 0.6) is 11.5 Å². The van der Waals surface area contributed by atoms with Crippen molar-refractivity contribution in [1.82, 2.24) is 5.01 Å². The first kappa shape index (κ1) is 25.0. The first-order chi connectivity index (χ1) is 18.7. The minimum Gasteiger partial charge on any atom is -0.493 e. The molecule has 0 aromatic heterocycles. The van der Waals surface area contributed by atoms with Crippen LogP contribution in [0.15, 0.2) is 71.8 Å². The monoisotopic (exact) mass is 522 g/mol. The molecule has 3 aromatic carbocycles. The lowest BCUT2D eigenvalue weighted by atomic mass is 9.62. The van der Waals surface area contributed by atoms with Gasteiger partial charge in [0.25, 0.3) is 0 Å². The quantitative estimate of drug-likeness (QED) is 0.436. The van der Waals surface area contributed by atoms with Gasteiger partial charge in [0, 0.05) is 22.5 Å². The van der Waals surface area contributed by atoms with Gasteiger partial charge in [0.1, 0.15) is 11.5 Å². The summed E-state index contributed by atoms with van der Waals surface area (Å²) in [5.41, 5.74) is 0.656. The number of fused-ring (bicyclic) bond motifs is 5. The van der Waals surface area contributed by atoms with Crippen molar-refractivity contribution >= 4 is 23.6 Å². The zero-order chi connectivity index (χ0) is 27.7. The Labute approximate surface area is 227 Å². The van der Waals surface area contributed by atoms with Crippen molar-refractivity contribution in [3.8, 4) is 11.5 Å². The number of benzene rings is 3. The summed E-state index contributed by atoms with van der Waals surface area (Å²) in [4.78, 5) is 43.7. The summed E-state index contributed by atoms with van der Waals surface area (Å²) in [6.45, 7) is 5.57. The van der Waals surface area contributed by atoms with E-state index < -0.39 is 28.8 Å². The van der Waals surface area contributed by atoms with Crippen LogP contribution in [-0.2, 0) is 4.79 Å². The Morgan fingerprint density at radius 1 is 0.872 bits per heavy atom. The van der Waals surface area contributed by atoms with Gasteiger partial charge in [-0.3, -0.25) is 19.4 Å². The fourth-order valence-electron chi connectivity index (χ4n) is 6.64. The molecular formula is C32H30N2O5. The van der Waals surface area contributed by atoms with Gasteiger partial charge in [0.15, 0.2) is 28.8 Å². The molecule has 1 fully saturated rings. The minimum atomic E-state index is -1.61. The van der Waals surface area contributed by atoms with Crippen LogP contribution >= 0.6 is 0 Å². The lowest BCUT2D eigenvalue weighted by molar-refractivity contribution is -0.131. The van der Waals surface area contributed by atoms with E-state index in [1.807, 2.05) is 51.1 Å². The third kappa shape index (κ3) is 3.28. The van der Waals surface area contributed by atoms with Crippen LogP contribution in [0.1, 0.15) is 70.1 Å². The zero-order valence-corrected chi connectivity index (χ0v) is 22.6. The highest BCUT2D eigenvalue weighted by Crippen LogP contribution is 2.65. The van der Waals surface area contributed by atoms with E-state index in [1.54, 1.807) is 54.7 Å². The van der Waals surface area contributed by atoms with Gasteiger partial charge >= 0.3 is 0 Å². The molecule has 198 valence electrons. The first-order valence-electron chi connectivity index (χ1n) is 13.0. The molecule has 1 saturated heterocycles. The molecular weight excluding hydrogens is 492 g/mol. The Morgan fingerprint density at radius 2 is 1.49 bits per heavy atom. The van der Waals surface area contributed by atoms with Gasteiger partial charge < -0.3 is 9.47 Å². The van der Waals surface area contributed by atoms with Gasteiger partial charge in [-0.05, 0) is 28.8 Å². The van der Waals surface area contributed by atoms with Gasteiger partial charge in [0.2, 0.25) is 0 Å². The molecule has 7 heteroatoms. The smallest absolute Gasteiger partial charge is 0.180 e. The number of nitrogens with zero attached hydrogens (tertiary/aromatic N) is 2. The van der Waals surface area contributed by atoms with Crippen molar-refractivity contribution in [1.29, 1.82) is 0 Å². The summed E-state index contributed by atoms with van der Waals surface area (Å²) in [6, 6.07) is 18.3. The fraction of sp³-hybridized carbons (Fsp3) is 0.312. The lowest BCUT2D eigenvalue weighted by Crippen LogP contribution is -2.45. The molecule has 3 aliphatic rings. The van der Waals surface area contributed by atoms with Crippen LogP contribution in [0.3, 0.4) is 0 Å². The van der Waals surface area contributed by atoms with E-state index in [0.717, 1.165) is 11.1 Å². The Bertz CT molecular complexity index is 1530. The summed E-state index contributed by atoms with van der Waals surface area (Å²) >= 11 is 0. The summed E-state index contributed by atoms with van der Waals surface area (Å²) in [7, 11) is 3.09. The molecule has 0 bridgehead atoms. The number of carbonyl (C=O) groups excluding carboxylic acids is 3. The number of ether oxygens (including phenoxy) is 2. The van der Waals surface area contributed by atoms with E-state index in [-0.39, 0.29) is 17.3 Å². The molecule has 0 N–H and O–H groups in total. The molecule has 6 rings (SSSR count). The van der Waals surface area contributed by atoms with Crippen molar-refractivity contribution in [2.75, 3.05) is 14.2 Å². The highest BCUT2D eigenvalue weighted by Gasteiger charge is 2.73. The van der Waals surface area contributed by atoms with Gasteiger partial charge in [-0.25, -0.2) is 0 Å². The minimum absolute atomic E-state index is 0.0998. The molecule has 1 aliphatic carbocycles. The van der Waals surface area contributed by atoms with E-state index >= 15 is 0 Å². The highest BCUT2D eigenvalue weighted by atomic mass is 16.5. The number of ketones is 3. The average Bonchev–Trinajstić information content (AvgIpc) is 3.37. The summed E-state index contributed by atoms with van der Waals surface area (Å²) < 4.78 is 11.1. The molecule has 39 heavy (non-hydrogen) atoms. The predicted octanol–water partition coefficient (Wildman–Crippen LogP) is 5.24. The maximum Gasteiger partial charge on any atom is 0.180 e. The van der Waals surface area contributed by atoms with Crippen LogP contribution in [0.2, 0.25) is 0 Å². The number of Topliss-reactive ketones (excluding diaryl/α,β-unsaturated/α-hetero) is 3. The first-order valence-corrected chi connectivity index (χ1v) is 13.0. The average molecular weight is 523 g/mol. The molecule has 0 amide bonds. The molecule has 2 aliphatic heterocycles. The second-order valence-electron chi connectivity index (χ2n) is 11.4. The van der Waals surface area contributed by atoms with Crippen molar-refractivity contribution in [3.05, 3.63) is 94.5 Å². The second-order valence-corrected chi connectivity index (χ2v) is 11.4. The lowest BCUT2D eigenvalue weighted by Gasteiger charge is -2.36. The maximum absolute atomic E-state index is 14.7. The Kier molecular flexibility index (Phi) is 5.54. The molecule has 7 nitrogen and oxygen atoms in total.